The smallest absolute Gasteiger partial charge is 0.335 e. The van der Waals surface area contributed by atoms with Gasteiger partial charge in [-0.3, -0.25) is 0 Å². The summed E-state index contributed by atoms with van der Waals surface area (Å²) in [5.41, 5.74) is 4.81. The van der Waals surface area contributed by atoms with E-state index >= 15 is 0 Å². The number of halogens is 2. The second-order valence-electron chi connectivity index (χ2n) is 7.53. The van der Waals surface area contributed by atoms with E-state index in [9.17, 15) is 4.79 Å². The highest BCUT2D eigenvalue weighted by Gasteiger charge is 2.29. The number of benzene rings is 3. The zero-order valence-electron chi connectivity index (χ0n) is 16.6. The standard InChI is InChI=1S/C25H16Cl2N2O3/c26-18-10-17-11-21(19(13-20(17)22(27)12-18)14-4-2-1-3-5-14)24-28-23(29-32-24)15-6-8-16(9-7-15)25(30)31/h1-12,19H,13H2,(H,30,31). The summed E-state index contributed by atoms with van der Waals surface area (Å²) >= 11 is 12.7. The monoisotopic (exact) mass is 462 g/mol. The minimum absolute atomic E-state index is 0.0231. The van der Waals surface area contributed by atoms with Crippen LogP contribution in [0.4, 0.5) is 0 Å². The molecule has 1 aromatic heterocycles. The fraction of sp³-hybridized carbons (Fsp3) is 0.0800. The summed E-state index contributed by atoms with van der Waals surface area (Å²) in [6.45, 7) is 0. The van der Waals surface area contributed by atoms with Crippen molar-refractivity contribution in [2.24, 2.45) is 0 Å². The van der Waals surface area contributed by atoms with E-state index in [0.29, 0.717) is 33.7 Å². The number of carboxylic acid groups (broad SMARTS) is 1. The van der Waals surface area contributed by atoms with Crippen LogP contribution in [-0.4, -0.2) is 21.2 Å². The molecule has 5 nitrogen and oxygen atoms in total. The van der Waals surface area contributed by atoms with Gasteiger partial charge in [-0.15, -0.1) is 0 Å². The fourth-order valence-corrected chi connectivity index (χ4v) is 4.55. The first-order valence-corrected chi connectivity index (χ1v) is 10.7. The highest BCUT2D eigenvalue weighted by Crippen LogP contribution is 2.43. The molecule has 158 valence electrons. The van der Waals surface area contributed by atoms with E-state index in [-0.39, 0.29) is 11.5 Å². The third-order valence-electron chi connectivity index (χ3n) is 5.55. The highest BCUT2D eigenvalue weighted by atomic mass is 35.5. The Bertz CT molecular complexity index is 1350. The van der Waals surface area contributed by atoms with Gasteiger partial charge in [0.05, 0.1) is 5.56 Å². The van der Waals surface area contributed by atoms with Crippen LogP contribution in [0.1, 0.15) is 38.9 Å². The van der Waals surface area contributed by atoms with Crippen LogP contribution in [0, 0.1) is 0 Å². The summed E-state index contributed by atoms with van der Waals surface area (Å²) < 4.78 is 5.65. The molecular formula is C25H16Cl2N2O3. The second kappa shape index (κ2) is 8.26. The molecule has 32 heavy (non-hydrogen) atoms. The SMILES string of the molecule is O=C(O)c1ccc(-c2noc(C3=Cc4cc(Cl)cc(Cl)c4CC3c3ccccc3)n2)cc1. The molecule has 5 rings (SSSR count). The van der Waals surface area contributed by atoms with Gasteiger partial charge in [-0.2, -0.15) is 4.98 Å². The maximum absolute atomic E-state index is 11.1. The molecule has 0 amide bonds. The third-order valence-corrected chi connectivity index (χ3v) is 6.11. The number of allylic oxidation sites excluding steroid dienone is 1. The Balaban J connectivity index is 1.59. The number of fused-ring (bicyclic) bond motifs is 1. The van der Waals surface area contributed by atoms with Crippen LogP contribution in [0.3, 0.4) is 0 Å². The summed E-state index contributed by atoms with van der Waals surface area (Å²) in [5.74, 6) is -0.220. The fourth-order valence-electron chi connectivity index (χ4n) is 3.96. The average molecular weight is 463 g/mol. The highest BCUT2D eigenvalue weighted by molar-refractivity contribution is 6.35. The van der Waals surface area contributed by atoms with Crippen molar-refractivity contribution >= 4 is 40.8 Å². The van der Waals surface area contributed by atoms with Crippen molar-refractivity contribution in [3.63, 3.8) is 0 Å². The molecule has 0 spiro atoms. The molecule has 1 unspecified atom stereocenters. The summed E-state index contributed by atoms with van der Waals surface area (Å²) in [5, 5.41) is 14.4. The number of hydrogen-bond donors (Lipinski definition) is 1. The van der Waals surface area contributed by atoms with Crippen molar-refractivity contribution < 1.29 is 14.4 Å². The van der Waals surface area contributed by atoms with Crippen LogP contribution in [0.2, 0.25) is 10.0 Å². The van der Waals surface area contributed by atoms with E-state index in [4.69, 9.17) is 32.8 Å². The first-order chi connectivity index (χ1) is 15.5. The van der Waals surface area contributed by atoms with Gasteiger partial charge in [0.15, 0.2) is 0 Å². The van der Waals surface area contributed by atoms with Gasteiger partial charge in [-0.25, -0.2) is 4.79 Å². The van der Waals surface area contributed by atoms with Crippen molar-refractivity contribution in [1.29, 1.82) is 0 Å². The summed E-state index contributed by atoms with van der Waals surface area (Å²) in [6, 6.07) is 20.1. The van der Waals surface area contributed by atoms with Crippen LogP contribution in [0.15, 0.2) is 71.3 Å². The maximum atomic E-state index is 11.1. The van der Waals surface area contributed by atoms with Crippen LogP contribution in [0.25, 0.3) is 23.0 Å². The van der Waals surface area contributed by atoms with Gasteiger partial charge >= 0.3 is 5.97 Å². The van der Waals surface area contributed by atoms with Crippen LogP contribution >= 0.6 is 23.2 Å². The van der Waals surface area contributed by atoms with Gasteiger partial charge in [0.25, 0.3) is 5.89 Å². The molecule has 0 saturated heterocycles. The van der Waals surface area contributed by atoms with Gasteiger partial charge in [0, 0.05) is 27.1 Å². The van der Waals surface area contributed by atoms with Gasteiger partial charge in [-0.05, 0) is 53.5 Å². The van der Waals surface area contributed by atoms with E-state index in [1.807, 2.05) is 30.3 Å². The molecule has 0 bridgehead atoms. The number of hydrogen-bond acceptors (Lipinski definition) is 4. The molecule has 0 radical (unpaired) electrons. The van der Waals surface area contributed by atoms with Crippen LogP contribution in [0.5, 0.6) is 0 Å². The zero-order valence-corrected chi connectivity index (χ0v) is 18.1. The minimum Gasteiger partial charge on any atom is -0.478 e. The maximum Gasteiger partial charge on any atom is 0.335 e. The molecule has 1 atom stereocenters. The van der Waals surface area contributed by atoms with Crippen molar-refractivity contribution in [2.45, 2.75) is 12.3 Å². The Morgan fingerprint density at radius 2 is 1.78 bits per heavy atom. The molecule has 0 aliphatic heterocycles. The lowest BCUT2D eigenvalue weighted by Crippen LogP contribution is -2.12. The molecule has 1 aliphatic rings. The quantitative estimate of drug-likeness (QED) is 0.368. The Kier molecular flexibility index (Phi) is 5.29. The first kappa shape index (κ1) is 20.5. The largest absolute Gasteiger partial charge is 0.478 e. The van der Waals surface area contributed by atoms with E-state index in [1.165, 1.54) is 12.1 Å². The van der Waals surface area contributed by atoms with Crippen molar-refractivity contribution in [2.75, 3.05) is 0 Å². The number of rotatable bonds is 4. The van der Waals surface area contributed by atoms with E-state index in [0.717, 1.165) is 22.3 Å². The summed E-state index contributed by atoms with van der Waals surface area (Å²) in [7, 11) is 0. The molecule has 4 aromatic rings. The number of carbonyl (C=O) groups is 1. The Labute approximate surface area is 193 Å². The van der Waals surface area contributed by atoms with Gasteiger partial charge < -0.3 is 9.63 Å². The average Bonchev–Trinajstić information content (AvgIpc) is 3.29. The van der Waals surface area contributed by atoms with Crippen molar-refractivity contribution in [3.8, 4) is 11.4 Å². The predicted molar refractivity (Wildman–Crippen MR) is 124 cm³/mol. The molecule has 0 fully saturated rings. The summed E-state index contributed by atoms with van der Waals surface area (Å²) in [6.07, 6.45) is 2.67. The number of aromatic carboxylic acids is 1. The third kappa shape index (κ3) is 3.81. The summed E-state index contributed by atoms with van der Waals surface area (Å²) in [4.78, 5) is 15.7. The van der Waals surface area contributed by atoms with Crippen LogP contribution < -0.4 is 0 Å². The second-order valence-corrected chi connectivity index (χ2v) is 8.37. The van der Waals surface area contributed by atoms with Gasteiger partial charge in [0.2, 0.25) is 5.82 Å². The lowest BCUT2D eigenvalue weighted by Gasteiger charge is -2.25. The van der Waals surface area contributed by atoms with E-state index in [2.05, 4.69) is 22.3 Å². The van der Waals surface area contributed by atoms with Gasteiger partial charge in [0.1, 0.15) is 0 Å². The molecule has 7 heteroatoms. The molecule has 1 N–H and O–H groups in total. The molecule has 1 aliphatic carbocycles. The zero-order chi connectivity index (χ0) is 22.2. The van der Waals surface area contributed by atoms with Crippen molar-refractivity contribution in [1.82, 2.24) is 10.1 Å². The number of carboxylic acids is 1. The normalized spacial score (nSPS) is 15.2. The van der Waals surface area contributed by atoms with Gasteiger partial charge in [-0.1, -0.05) is 70.8 Å². The number of aromatic nitrogens is 2. The van der Waals surface area contributed by atoms with Crippen LogP contribution in [-0.2, 0) is 6.42 Å². The lowest BCUT2D eigenvalue weighted by atomic mass is 9.79. The predicted octanol–water partition coefficient (Wildman–Crippen LogP) is 6.62. The molecule has 3 aromatic carbocycles. The van der Waals surface area contributed by atoms with Crippen molar-refractivity contribution in [3.05, 3.63) is 105 Å². The Morgan fingerprint density at radius 1 is 1.03 bits per heavy atom. The Hall–Kier alpha value is -3.41. The molecular weight excluding hydrogens is 447 g/mol. The number of nitrogens with zero attached hydrogens (tertiary/aromatic N) is 2. The molecule has 1 heterocycles. The van der Waals surface area contributed by atoms with E-state index in [1.54, 1.807) is 18.2 Å². The topological polar surface area (TPSA) is 76.2 Å². The Morgan fingerprint density at radius 3 is 2.50 bits per heavy atom. The molecule has 0 saturated carbocycles. The first-order valence-electron chi connectivity index (χ1n) is 9.92. The lowest BCUT2D eigenvalue weighted by molar-refractivity contribution is 0.0697. The minimum atomic E-state index is -0.987. The van der Waals surface area contributed by atoms with E-state index < -0.39 is 5.97 Å².